The monoisotopic (exact) mass is 202 g/mol. The third kappa shape index (κ3) is 7.33. The van der Waals surface area contributed by atoms with Gasteiger partial charge in [-0.1, -0.05) is 12.7 Å². The summed E-state index contributed by atoms with van der Waals surface area (Å²) in [6, 6.07) is 0. The van der Waals surface area contributed by atoms with Crippen LogP contribution in [0.4, 0.5) is 4.39 Å². The van der Waals surface area contributed by atoms with E-state index in [1.54, 1.807) is 6.92 Å². The first-order chi connectivity index (χ1) is 6.06. The second-order valence-electron chi connectivity index (χ2n) is 2.16. The Balaban J connectivity index is 3.88. The molecule has 0 aliphatic rings. The summed E-state index contributed by atoms with van der Waals surface area (Å²) in [5.41, 5.74) is 0. The van der Waals surface area contributed by atoms with Crippen LogP contribution in [0.25, 0.3) is 0 Å². The molecule has 0 atom stereocenters. The van der Waals surface area contributed by atoms with E-state index in [1.807, 2.05) is 0 Å². The van der Waals surface area contributed by atoms with E-state index in [0.717, 1.165) is 11.8 Å². The molecule has 13 heavy (non-hydrogen) atoms. The number of thioether (sulfide) groups is 1. The molecule has 0 saturated carbocycles. The van der Waals surface area contributed by atoms with Crippen molar-refractivity contribution in [2.24, 2.45) is 0 Å². The molecule has 72 valence electrons. The van der Waals surface area contributed by atoms with Crippen molar-refractivity contribution in [3.05, 3.63) is 35.5 Å². The molecule has 0 aliphatic heterocycles. The fourth-order valence-corrected chi connectivity index (χ4v) is 0.944. The molecule has 0 saturated heterocycles. The van der Waals surface area contributed by atoms with Gasteiger partial charge in [-0.2, -0.15) is 0 Å². The number of halogens is 1. The Kier molecular flexibility index (Phi) is 5.97. The highest BCUT2D eigenvalue weighted by Gasteiger charge is 1.97. The first-order valence-electron chi connectivity index (χ1n) is 3.59. The minimum atomic E-state index is -0.911. The van der Waals surface area contributed by atoms with E-state index in [1.165, 1.54) is 18.2 Å². The van der Waals surface area contributed by atoms with Crippen molar-refractivity contribution < 1.29 is 14.3 Å². The second-order valence-corrected chi connectivity index (χ2v) is 3.26. The fourth-order valence-electron chi connectivity index (χ4n) is 0.471. The first-order valence-corrected chi connectivity index (χ1v) is 4.58. The molecule has 0 fully saturated rings. The van der Waals surface area contributed by atoms with E-state index in [9.17, 15) is 9.18 Å². The standard InChI is InChI=1S/C9H11FO2S/c1-3-8(10)5-4-7(2)13-6-9(11)12/h3-5H,2,6H2,1H3,(H,11,12)/b5-4-,8-3+. The van der Waals surface area contributed by atoms with Gasteiger partial charge in [0, 0.05) is 4.91 Å². The lowest BCUT2D eigenvalue weighted by molar-refractivity contribution is -0.133. The summed E-state index contributed by atoms with van der Waals surface area (Å²) < 4.78 is 12.5. The quantitative estimate of drug-likeness (QED) is 0.696. The molecule has 0 amide bonds. The largest absolute Gasteiger partial charge is 0.481 e. The van der Waals surface area contributed by atoms with Crippen molar-refractivity contribution in [3.8, 4) is 0 Å². The molecular weight excluding hydrogens is 191 g/mol. The van der Waals surface area contributed by atoms with Crippen molar-refractivity contribution in [2.75, 3.05) is 5.75 Å². The van der Waals surface area contributed by atoms with Gasteiger partial charge >= 0.3 is 5.97 Å². The Labute approximate surface area is 80.8 Å². The second kappa shape index (κ2) is 6.48. The van der Waals surface area contributed by atoms with Crippen LogP contribution in [0.5, 0.6) is 0 Å². The van der Waals surface area contributed by atoms with Gasteiger partial charge in [0.2, 0.25) is 0 Å². The minimum Gasteiger partial charge on any atom is -0.481 e. The SMILES string of the molecule is C=C(/C=C\C(F)=C/C)SCC(=O)O. The van der Waals surface area contributed by atoms with E-state index in [2.05, 4.69) is 6.58 Å². The topological polar surface area (TPSA) is 37.3 Å². The molecule has 0 aliphatic carbocycles. The lowest BCUT2D eigenvalue weighted by Crippen LogP contribution is -1.97. The van der Waals surface area contributed by atoms with Crippen molar-refractivity contribution in [1.82, 2.24) is 0 Å². The lowest BCUT2D eigenvalue weighted by Gasteiger charge is -1.94. The summed E-state index contributed by atoms with van der Waals surface area (Å²) in [4.78, 5) is 10.7. The highest BCUT2D eigenvalue weighted by Crippen LogP contribution is 2.15. The first kappa shape index (κ1) is 12.0. The molecule has 0 unspecified atom stereocenters. The van der Waals surface area contributed by atoms with Crippen molar-refractivity contribution in [3.63, 3.8) is 0 Å². The van der Waals surface area contributed by atoms with Crippen LogP contribution in [0.3, 0.4) is 0 Å². The Bertz CT molecular complexity index is 256. The molecule has 0 aromatic rings. The number of hydrogen-bond donors (Lipinski definition) is 1. The molecular formula is C9H11FO2S. The van der Waals surface area contributed by atoms with Crippen LogP contribution in [0.15, 0.2) is 35.5 Å². The van der Waals surface area contributed by atoms with Gasteiger partial charge in [0.15, 0.2) is 0 Å². The Morgan fingerprint density at radius 2 is 2.23 bits per heavy atom. The maximum absolute atomic E-state index is 12.5. The summed E-state index contributed by atoms with van der Waals surface area (Å²) in [5, 5.41) is 8.31. The summed E-state index contributed by atoms with van der Waals surface area (Å²) in [6.45, 7) is 5.13. The average Bonchev–Trinajstić information content (AvgIpc) is 2.10. The molecule has 0 radical (unpaired) electrons. The lowest BCUT2D eigenvalue weighted by atomic mass is 10.4. The predicted molar refractivity (Wildman–Crippen MR) is 53.2 cm³/mol. The summed E-state index contributed by atoms with van der Waals surface area (Å²) >= 11 is 1.06. The van der Waals surface area contributed by atoms with Gasteiger partial charge in [0.25, 0.3) is 0 Å². The van der Waals surface area contributed by atoms with Gasteiger partial charge in [-0.3, -0.25) is 4.79 Å². The van der Waals surface area contributed by atoms with Gasteiger partial charge in [0.05, 0.1) is 5.75 Å². The van der Waals surface area contributed by atoms with Gasteiger partial charge in [-0.25, -0.2) is 4.39 Å². The number of carbonyl (C=O) groups is 1. The number of carboxylic acid groups (broad SMARTS) is 1. The molecule has 0 aromatic carbocycles. The Morgan fingerprint density at radius 1 is 1.62 bits per heavy atom. The summed E-state index contributed by atoms with van der Waals surface area (Å²) in [7, 11) is 0. The van der Waals surface area contributed by atoms with E-state index in [4.69, 9.17) is 5.11 Å². The number of hydrogen-bond acceptors (Lipinski definition) is 2. The van der Waals surface area contributed by atoms with Crippen LogP contribution < -0.4 is 0 Å². The smallest absolute Gasteiger partial charge is 0.313 e. The van der Waals surface area contributed by atoms with E-state index in [-0.39, 0.29) is 11.6 Å². The Morgan fingerprint density at radius 3 is 2.69 bits per heavy atom. The molecule has 0 heterocycles. The predicted octanol–water partition coefficient (Wildman–Crippen LogP) is 2.75. The third-order valence-electron chi connectivity index (χ3n) is 1.09. The number of aliphatic carboxylic acids is 1. The van der Waals surface area contributed by atoms with Crippen LogP contribution in [-0.4, -0.2) is 16.8 Å². The van der Waals surface area contributed by atoms with Gasteiger partial charge < -0.3 is 5.11 Å². The molecule has 1 N–H and O–H groups in total. The average molecular weight is 202 g/mol. The van der Waals surface area contributed by atoms with Crippen LogP contribution in [0.2, 0.25) is 0 Å². The van der Waals surface area contributed by atoms with E-state index in [0.29, 0.717) is 4.91 Å². The molecule has 2 nitrogen and oxygen atoms in total. The molecule has 4 heteroatoms. The van der Waals surface area contributed by atoms with Crippen molar-refractivity contribution in [1.29, 1.82) is 0 Å². The normalized spacial score (nSPS) is 12.0. The molecule has 0 aromatic heterocycles. The summed E-state index contributed by atoms with van der Waals surface area (Å²) in [6.07, 6.45) is 4.01. The van der Waals surface area contributed by atoms with Crippen LogP contribution >= 0.6 is 11.8 Å². The van der Waals surface area contributed by atoms with Crippen LogP contribution in [0, 0.1) is 0 Å². The maximum atomic E-state index is 12.5. The van der Waals surface area contributed by atoms with Crippen LogP contribution in [0.1, 0.15) is 6.92 Å². The molecule has 0 bridgehead atoms. The van der Waals surface area contributed by atoms with E-state index < -0.39 is 5.97 Å². The van der Waals surface area contributed by atoms with Crippen LogP contribution in [-0.2, 0) is 4.79 Å². The molecule has 0 rings (SSSR count). The summed E-state index contributed by atoms with van der Waals surface area (Å²) in [5.74, 6) is -1.33. The number of rotatable bonds is 5. The highest BCUT2D eigenvalue weighted by atomic mass is 32.2. The fraction of sp³-hybridized carbons (Fsp3) is 0.222. The number of allylic oxidation sites excluding steroid dienone is 4. The zero-order valence-electron chi connectivity index (χ0n) is 7.29. The zero-order valence-corrected chi connectivity index (χ0v) is 8.10. The third-order valence-corrected chi connectivity index (χ3v) is 1.98. The van der Waals surface area contributed by atoms with Gasteiger partial charge in [-0.05, 0) is 19.1 Å². The number of carboxylic acids is 1. The Hall–Kier alpha value is -1.03. The van der Waals surface area contributed by atoms with Crippen molar-refractivity contribution >= 4 is 17.7 Å². The maximum Gasteiger partial charge on any atom is 0.313 e. The highest BCUT2D eigenvalue weighted by molar-refractivity contribution is 8.03. The van der Waals surface area contributed by atoms with E-state index >= 15 is 0 Å². The molecule has 0 spiro atoms. The van der Waals surface area contributed by atoms with Gasteiger partial charge in [0.1, 0.15) is 5.83 Å². The van der Waals surface area contributed by atoms with Gasteiger partial charge in [-0.15, -0.1) is 11.8 Å². The van der Waals surface area contributed by atoms with Crippen molar-refractivity contribution in [2.45, 2.75) is 6.92 Å². The minimum absolute atomic E-state index is 0.0549. The zero-order chi connectivity index (χ0) is 10.3.